The molecule has 8 heteroatoms. The Labute approximate surface area is 161 Å². The molecule has 0 spiro atoms. The molecule has 0 atom stereocenters. The molecule has 1 aliphatic heterocycles. The Morgan fingerprint density at radius 3 is 2.54 bits per heavy atom. The van der Waals surface area contributed by atoms with Crippen molar-refractivity contribution in [2.45, 2.75) is 13.8 Å². The van der Waals surface area contributed by atoms with Crippen LogP contribution in [0.5, 0.6) is 0 Å². The molecule has 0 bridgehead atoms. The Bertz CT molecular complexity index is 1030. The van der Waals surface area contributed by atoms with Crippen LogP contribution < -0.4 is 10.5 Å². The quantitative estimate of drug-likeness (QED) is 0.748. The number of pyridine rings is 1. The number of hydrogen-bond acceptors (Lipinski definition) is 6. The number of nitrogens with zero attached hydrogens (tertiary/aromatic N) is 4. The molecule has 8 nitrogen and oxygen atoms in total. The summed E-state index contributed by atoms with van der Waals surface area (Å²) in [5, 5.41) is 0. The topological polar surface area (TPSA) is 95.3 Å². The maximum absolute atomic E-state index is 12.3. The van der Waals surface area contributed by atoms with Crippen molar-refractivity contribution in [3.63, 3.8) is 0 Å². The number of rotatable bonds is 3. The van der Waals surface area contributed by atoms with E-state index in [2.05, 4.69) is 19.9 Å². The van der Waals surface area contributed by atoms with Crippen molar-refractivity contribution in [3.8, 4) is 11.4 Å². The van der Waals surface area contributed by atoms with Crippen molar-refractivity contribution in [1.82, 2.24) is 19.9 Å². The number of anilines is 1. The smallest absolute Gasteiger partial charge is 0.289 e. The number of piperazine rings is 1. The molecule has 1 fully saturated rings. The lowest BCUT2D eigenvalue weighted by molar-refractivity contribution is 0.0714. The molecule has 1 saturated heterocycles. The fourth-order valence-corrected chi connectivity index (χ4v) is 3.19. The summed E-state index contributed by atoms with van der Waals surface area (Å²) in [7, 11) is 0. The van der Waals surface area contributed by atoms with Crippen molar-refractivity contribution >= 4 is 11.7 Å². The van der Waals surface area contributed by atoms with Gasteiger partial charge < -0.3 is 19.2 Å². The predicted octanol–water partition coefficient (Wildman–Crippen LogP) is 2.00. The number of carbonyl (C=O) groups is 1. The largest absolute Gasteiger partial charge is 0.459 e. The van der Waals surface area contributed by atoms with Gasteiger partial charge in [0.25, 0.3) is 11.5 Å². The first-order valence-corrected chi connectivity index (χ1v) is 9.14. The fourth-order valence-electron chi connectivity index (χ4n) is 3.19. The molecule has 3 aromatic heterocycles. The Balaban J connectivity index is 1.44. The molecule has 4 heterocycles. The van der Waals surface area contributed by atoms with Gasteiger partial charge in [-0.2, -0.15) is 0 Å². The minimum Gasteiger partial charge on any atom is -0.459 e. The van der Waals surface area contributed by atoms with Crippen LogP contribution in [0.25, 0.3) is 11.4 Å². The van der Waals surface area contributed by atoms with Gasteiger partial charge in [-0.05, 0) is 38.1 Å². The van der Waals surface area contributed by atoms with Gasteiger partial charge in [0, 0.05) is 49.2 Å². The van der Waals surface area contributed by atoms with Crippen LogP contribution in [0.1, 0.15) is 21.8 Å². The summed E-state index contributed by atoms with van der Waals surface area (Å²) in [6.07, 6.45) is 3.22. The zero-order chi connectivity index (χ0) is 19.7. The molecule has 1 N–H and O–H groups in total. The first-order chi connectivity index (χ1) is 13.5. The third-order valence-corrected chi connectivity index (χ3v) is 5.04. The second kappa shape index (κ2) is 7.30. The average Bonchev–Trinajstić information content (AvgIpc) is 3.26. The van der Waals surface area contributed by atoms with Gasteiger partial charge in [-0.25, -0.2) is 9.97 Å². The summed E-state index contributed by atoms with van der Waals surface area (Å²) in [5.41, 5.74) is 1.95. The highest BCUT2D eigenvalue weighted by Gasteiger charge is 2.24. The molecular formula is C20H21N5O3. The number of furan rings is 1. The Kier molecular flexibility index (Phi) is 4.68. The normalized spacial score (nSPS) is 14.4. The maximum Gasteiger partial charge on any atom is 0.289 e. The van der Waals surface area contributed by atoms with E-state index in [1.54, 1.807) is 30.2 Å². The zero-order valence-electron chi connectivity index (χ0n) is 15.8. The van der Waals surface area contributed by atoms with E-state index in [4.69, 9.17) is 4.42 Å². The van der Waals surface area contributed by atoms with Crippen molar-refractivity contribution in [3.05, 3.63) is 64.1 Å². The third kappa shape index (κ3) is 3.40. The lowest BCUT2D eigenvalue weighted by Crippen LogP contribution is -2.49. The molecule has 0 unspecified atom stereocenters. The van der Waals surface area contributed by atoms with Gasteiger partial charge in [0.05, 0.1) is 6.26 Å². The first-order valence-electron chi connectivity index (χ1n) is 9.14. The molecule has 1 aliphatic rings. The van der Waals surface area contributed by atoms with Gasteiger partial charge in [0.1, 0.15) is 11.6 Å². The molecule has 28 heavy (non-hydrogen) atoms. The van der Waals surface area contributed by atoms with Gasteiger partial charge in [-0.15, -0.1) is 0 Å². The van der Waals surface area contributed by atoms with E-state index in [0.717, 1.165) is 11.4 Å². The van der Waals surface area contributed by atoms with E-state index < -0.39 is 0 Å². The summed E-state index contributed by atoms with van der Waals surface area (Å²) in [6, 6.07) is 7.21. The number of aromatic nitrogens is 3. The first kappa shape index (κ1) is 18.0. The second-order valence-corrected chi connectivity index (χ2v) is 6.79. The average molecular weight is 379 g/mol. The molecule has 3 aromatic rings. The van der Waals surface area contributed by atoms with E-state index in [9.17, 15) is 9.59 Å². The lowest BCUT2D eigenvalue weighted by Gasteiger charge is -2.35. The van der Waals surface area contributed by atoms with Crippen molar-refractivity contribution in [2.75, 3.05) is 31.1 Å². The van der Waals surface area contributed by atoms with Crippen LogP contribution in [-0.2, 0) is 0 Å². The molecule has 0 saturated carbocycles. The minimum atomic E-state index is -0.135. The van der Waals surface area contributed by atoms with Crippen LogP contribution in [0.4, 0.5) is 5.82 Å². The summed E-state index contributed by atoms with van der Waals surface area (Å²) in [6.45, 7) is 6.17. The van der Waals surface area contributed by atoms with Crippen LogP contribution >= 0.6 is 0 Å². The van der Waals surface area contributed by atoms with Crippen molar-refractivity contribution < 1.29 is 9.21 Å². The van der Waals surface area contributed by atoms with E-state index in [1.807, 2.05) is 19.1 Å². The van der Waals surface area contributed by atoms with Gasteiger partial charge >= 0.3 is 0 Å². The molecular weight excluding hydrogens is 358 g/mol. The van der Waals surface area contributed by atoms with E-state index >= 15 is 0 Å². The fraction of sp³-hybridized carbons (Fsp3) is 0.300. The number of hydrogen-bond donors (Lipinski definition) is 1. The SMILES string of the molecule is Cc1nc(-c2ccc(N3CCN(C(=O)c4ccco4)CC3)nc2)[nH]c(=O)c1C. The Hall–Kier alpha value is -3.42. The molecule has 144 valence electrons. The third-order valence-electron chi connectivity index (χ3n) is 5.04. The van der Waals surface area contributed by atoms with Crippen LogP contribution in [-0.4, -0.2) is 51.9 Å². The number of nitrogens with one attached hydrogen (secondary N) is 1. The summed E-state index contributed by atoms with van der Waals surface area (Å²) in [4.78, 5) is 40.0. The van der Waals surface area contributed by atoms with E-state index in [1.165, 1.54) is 6.26 Å². The summed E-state index contributed by atoms with van der Waals surface area (Å²) >= 11 is 0. The number of amides is 1. The standard InChI is InChI=1S/C20H21N5O3/c1-13-14(2)22-18(23-19(13)26)15-5-6-17(21-12-15)24-7-9-25(10-8-24)20(27)16-4-3-11-28-16/h3-6,11-12H,7-10H2,1-2H3,(H,22,23,26). The second-order valence-electron chi connectivity index (χ2n) is 6.79. The highest BCUT2D eigenvalue weighted by atomic mass is 16.3. The minimum absolute atomic E-state index is 0.0854. The van der Waals surface area contributed by atoms with Crippen LogP contribution in [0, 0.1) is 13.8 Å². The Morgan fingerprint density at radius 1 is 1.14 bits per heavy atom. The molecule has 4 rings (SSSR count). The van der Waals surface area contributed by atoms with Gasteiger partial charge in [-0.1, -0.05) is 0 Å². The molecule has 0 radical (unpaired) electrons. The molecule has 0 aliphatic carbocycles. The van der Waals surface area contributed by atoms with Crippen LogP contribution in [0.15, 0.2) is 45.9 Å². The van der Waals surface area contributed by atoms with Gasteiger partial charge in [-0.3, -0.25) is 9.59 Å². The maximum atomic E-state index is 12.3. The van der Waals surface area contributed by atoms with Gasteiger partial charge in [0.2, 0.25) is 0 Å². The van der Waals surface area contributed by atoms with Crippen LogP contribution in [0.3, 0.4) is 0 Å². The number of H-pyrrole nitrogens is 1. The number of aryl methyl sites for hydroxylation is 1. The highest BCUT2D eigenvalue weighted by Crippen LogP contribution is 2.19. The number of carbonyl (C=O) groups excluding carboxylic acids is 1. The molecule has 1 amide bonds. The lowest BCUT2D eigenvalue weighted by atomic mass is 10.2. The van der Waals surface area contributed by atoms with Crippen LogP contribution in [0.2, 0.25) is 0 Å². The van der Waals surface area contributed by atoms with E-state index in [0.29, 0.717) is 49.0 Å². The molecule has 0 aromatic carbocycles. The van der Waals surface area contributed by atoms with Gasteiger partial charge in [0.15, 0.2) is 5.76 Å². The van der Waals surface area contributed by atoms with Crippen molar-refractivity contribution in [1.29, 1.82) is 0 Å². The summed E-state index contributed by atoms with van der Waals surface area (Å²) < 4.78 is 5.19. The monoisotopic (exact) mass is 379 g/mol. The Morgan fingerprint density at radius 2 is 1.93 bits per heavy atom. The predicted molar refractivity (Wildman–Crippen MR) is 104 cm³/mol. The summed E-state index contributed by atoms with van der Waals surface area (Å²) in [5.74, 6) is 1.63. The highest BCUT2D eigenvalue weighted by molar-refractivity contribution is 5.91. The zero-order valence-corrected chi connectivity index (χ0v) is 15.8. The number of aromatic amines is 1. The van der Waals surface area contributed by atoms with E-state index in [-0.39, 0.29) is 11.5 Å². The van der Waals surface area contributed by atoms with Crippen molar-refractivity contribution in [2.24, 2.45) is 0 Å².